The van der Waals surface area contributed by atoms with Crippen molar-refractivity contribution in [3.8, 4) is 0 Å². The van der Waals surface area contributed by atoms with E-state index in [0.29, 0.717) is 26.2 Å². The third kappa shape index (κ3) is 4.16. The fourth-order valence-electron chi connectivity index (χ4n) is 4.52. The van der Waals surface area contributed by atoms with Crippen molar-refractivity contribution < 1.29 is 13.2 Å². The number of nitrogens with zero attached hydrogens (tertiary/aromatic N) is 4. The molecule has 8 heteroatoms. The third-order valence-electron chi connectivity index (χ3n) is 6.37. The number of aromatic nitrogens is 1. The van der Waals surface area contributed by atoms with Crippen molar-refractivity contribution >= 4 is 32.5 Å². The molecule has 2 aliphatic heterocycles. The van der Waals surface area contributed by atoms with Crippen LogP contribution in [0.2, 0.25) is 0 Å². The van der Waals surface area contributed by atoms with E-state index in [1.54, 1.807) is 6.92 Å². The second kappa shape index (κ2) is 8.51. The predicted octanol–water partition coefficient (Wildman–Crippen LogP) is 2.25. The summed E-state index contributed by atoms with van der Waals surface area (Å²) >= 11 is 0. The summed E-state index contributed by atoms with van der Waals surface area (Å²) < 4.78 is 25.6. The molecule has 1 aromatic carbocycles. The molecule has 7 nitrogen and oxygen atoms in total. The molecule has 0 bridgehead atoms. The minimum absolute atomic E-state index is 0.0189. The summed E-state index contributed by atoms with van der Waals surface area (Å²) in [6, 6.07) is 8.38. The first-order valence-corrected chi connectivity index (χ1v) is 12.4. The molecule has 0 atom stereocenters. The Hall–Kier alpha value is -2.19. The second-order valence-electron chi connectivity index (χ2n) is 8.24. The predicted molar refractivity (Wildman–Crippen MR) is 119 cm³/mol. The number of fused-ring (bicyclic) bond motifs is 1. The molecule has 162 valence electrons. The number of hydrogen-bond acceptors (Lipinski definition) is 5. The van der Waals surface area contributed by atoms with Crippen LogP contribution in [0.25, 0.3) is 10.9 Å². The van der Waals surface area contributed by atoms with Crippen LogP contribution in [0.3, 0.4) is 0 Å². The minimum atomic E-state index is -3.17. The Bertz CT molecular complexity index is 1020. The molecular formula is C22H30N4O3S. The van der Waals surface area contributed by atoms with Gasteiger partial charge >= 0.3 is 0 Å². The van der Waals surface area contributed by atoms with Crippen LogP contribution >= 0.6 is 0 Å². The van der Waals surface area contributed by atoms with Gasteiger partial charge in [0.25, 0.3) is 0 Å². The Morgan fingerprint density at radius 3 is 2.43 bits per heavy atom. The van der Waals surface area contributed by atoms with Gasteiger partial charge in [-0.2, -0.15) is 4.31 Å². The van der Waals surface area contributed by atoms with Crippen molar-refractivity contribution in [3.05, 3.63) is 36.0 Å². The number of amides is 1. The Morgan fingerprint density at radius 1 is 1.07 bits per heavy atom. The van der Waals surface area contributed by atoms with Crippen LogP contribution in [0, 0.1) is 12.8 Å². The fourth-order valence-corrected chi connectivity index (χ4v) is 5.60. The van der Waals surface area contributed by atoms with Crippen molar-refractivity contribution in [1.29, 1.82) is 0 Å². The van der Waals surface area contributed by atoms with Crippen LogP contribution < -0.4 is 4.90 Å². The van der Waals surface area contributed by atoms with Crippen LogP contribution in [0.5, 0.6) is 0 Å². The van der Waals surface area contributed by atoms with Gasteiger partial charge in [0.05, 0.1) is 11.3 Å². The number of hydrogen-bond donors (Lipinski definition) is 0. The van der Waals surface area contributed by atoms with Crippen molar-refractivity contribution in [1.82, 2.24) is 14.2 Å². The molecule has 2 aromatic rings. The van der Waals surface area contributed by atoms with E-state index in [2.05, 4.69) is 41.1 Å². The number of aryl methyl sites for hydroxylation is 1. The normalized spacial score (nSPS) is 19.4. The SMILES string of the molecule is CCS(=O)(=O)N1CCN(C(=O)C2CCN(c3ccnc4ccc(C)cc34)CC2)CC1. The summed E-state index contributed by atoms with van der Waals surface area (Å²) in [6.45, 7) is 7.23. The molecule has 2 saturated heterocycles. The van der Waals surface area contributed by atoms with Gasteiger partial charge in [-0.25, -0.2) is 8.42 Å². The van der Waals surface area contributed by atoms with Gasteiger partial charge in [0.2, 0.25) is 15.9 Å². The average Bonchev–Trinajstić information content (AvgIpc) is 2.78. The van der Waals surface area contributed by atoms with Crippen molar-refractivity contribution in [2.45, 2.75) is 26.7 Å². The number of pyridine rings is 1. The number of carbonyl (C=O) groups excluding carboxylic acids is 1. The number of anilines is 1. The molecule has 0 spiro atoms. The lowest BCUT2D eigenvalue weighted by Gasteiger charge is -2.38. The Kier molecular flexibility index (Phi) is 5.97. The molecule has 0 unspecified atom stereocenters. The van der Waals surface area contributed by atoms with Gasteiger partial charge in [0, 0.05) is 62.5 Å². The summed E-state index contributed by atoms with van der Waals surface area (Å²) in [5, 5.41) is 1.16. The van der Waals surface area contributed by atoms with E-state index in [9.17, 15) is 13.2 Å². The van der Waals surface area contributed by atoms with Gasteiger partial charge in [-0.3, -0.25) is 9.78 Å². The van der Waals surface area contributed by atoms with E-state index < -0.39 is 10.0 Å². The molecule has 0 radical (unpaired) electrons. The lowest BCUT2D eigenvalue weighted by Crippen LogP contribution is -2.53. The first kappa shape index (κ1) is 21.1. The quantitative estimate of drug-likeness (QED) is 0.744. The van der Waals surface area contributed by atoms with E-state index in [-0.39, 0.29) is 17.6 Å². The minimum Gasteiger partial charge on any atom is -0.371 e. The zero-order chi connectivity index (χ0) is 21.3. The van der Waals surface area contributed by atoms with E-state index >= 15 is 0 Å². The zero-order valence-electron chi connectivity index (χ0n) is 17.7. The summed E-state index contributed by atoms with van der Waals surface area (Å²) in [5.41, 5.74) is 3.40. The van der Waals surface area contributed by atoms with Crippen LogP contribution in [0.4, 0.5) is 5.69 Å². The van der Waals surface area contributed by atoms with Gasteiger partial charge in [-0.05, 0) is 44.9 Å². The Balaban J connectivity index is 1.37. The number of piperazine rings is 1. The van der Waals surface area contributed by atoms with Crippen molar-refractivity contribution in [2.75, 3.05) is 49.9 Å². The second-order valence-corrected chi connectivity index (χ2v) is 10.5. The summed E-state index contributed by atoms with van der Waals surface area (Å²) in [5.74, 6) is 0.312. The maximum Gasteiger partial charge on any atom is 0.225 e. The van der Waals surface area contributed by atoms with Crippen LogP contribution in [-0.2, 0) is 14.8 Å². The maximum absolute atomic E-state index is 13.0. The highest BCUT2D eigenvalue weighted by molar-refractivity contribution is 7.89. The summed E-state index contributed by atoms with van der Waals surface area (Å²) in [7, 11) is -3.17. The topological polar surface area (TPSA) is 73.8 Å². The van der Waals surface area contributed by atoms with Gasteiger partial charge in [-0.1, -0.05) is 11.6 Å². The van der Waals surface area contributed by atoms with Crippen molar-refractivity contribution in [2.24, 2.45) is 5.92 Å². The van der Waals surface area contributed by atoms with E-state index in [0.717, 1.165) is 36.8 Å². The van der Waals surface area contributed by atoms with Crippen LogP contribution in [0.15, 0.2) is 30.5 Å². The number of rotatable bonds is 4. The highest BCUT2D eigenvalue weighted by atomic mass is 32.2. The maximum atomic E-state index is 13.0. The highest BCUT2D eigenvalue weighted by Gasteiger charge is 2.33. The van der Waals surface area contributed by atoms with Crippen molar-refractivity contribution in [3.63, 3.8) is 0 Å². The van der Waals surface area contributed by atoms with Gasteiger partial charge in [-0.15, -0.1) is 0 Å². The molecule has 3 heterocycles. The van der Waals surface area contributed by atoms with Gasteiger partial charge in [0.1, 0.15) is 0 Å². The molecule has 0 N–H and O–H groups in total. The highest BCUT2D eigenvalue weighted by Crippen LogP contribution is 2.30. The first-order chi connectivity index (χ1) is 14.4. The molecule has 2 aliphatic rings. The number of benzene rings is 1. The van der Waals surface area contributed by atoms with E-state index in [1.807, 2.05) is 11.1 Å². The molecule has 30 heavy (non-hydrogen) atoms. The molecule has 1 aromatic heterocycles. The first-order valence-electron chi connectivity index (χ1n) is 10.8. The molecule has 4 rings (SSSR count). The van der Waals surface area contributed by atoms with Gasteiger partial charge < -0.3 is 9.80 Å². The molecule has 0 aliphatic carbocycles. The smallest absolute Gasteiger partial charge is 0.225 e. The lowest BCUT2D eigenvalue weighted by molar-refractivity contribution is -0.137. The molecular weight excluding hydrogens is 400 g/mol. The van der Waals surface area contributed by atoms with E-state index in [4.69, 9.17) is 0 Å². The third-order valence-corrected chi connectivity index (χ3v) is 8.25. The fraction of sp³-hybridized carbons (Fsp3) is 0.545. The lowest BCUT2D eigenvalue weighted by atomic mass is 9.94. The number of piperidine rings is 1. The Morgan fingerprint density at radius 2 is 1.77 bits per heavy atom. The molecule has 1 amide bonds. The molecule has 2 fully saturated rings. The number of sulfonamides is 1. The largest absolute Gasteiger partial charge is 0.371 e. The number of carbonyl (C=O) groups is 1. The summed E-state index contributed by atoms with van der Waals surface area (Å²) in [4.78, 5) is 21.7. The Labute approximate surface area is 178 Å². The van der Waals surface area contributed by atoms with Crippen LogP contribution in [-0.4, -0.2) is 73.5 Å². The standard InChI is InChI=1S/C22H30N4O3S/c1-3-30(28,29)26-14-12-25(13-15-26)22(27)18-7-10-24(11-8-18)21-6-9-23-20-5-4-17(2)16-19(20)21/h4-6,9,16,18H,3,7-8,10-15H2,1-2H3. The zero-order valence-corrected chi connectivity index (χ0v) is 18.6. The summed E-state index contributed by atoms with van der Waals surface area (Å²) in [6.07, 6.45) is 3.50. The monoisotopic (exact) mass is 430 g/mol. The van der Waals surface area contributed by atoms with E-state index in [1.165, 1.54) is 15.6 Å². The molecule has 0 saturated carbocycles. The average molecular weight is 431 g/mol. The van der Waals surface area contributed by atoms with Gasteiger partial charge in [0.15, 0.2) is 0 Å². The van der Waals surface area contributed by atoms with Crippen LogP contribution in [0.1, 0.15) is 25.3 Å².